The molecule has 3 rings (SSSR count). The van der Waals surface area contributed by atoms with Crippen LogP contribution in [0.2, 0.25) is 0 Å². The molecule has 126 valence electrons. The molecule has 2 aromatic rings. The lowest BCUT2D eigenvalue weighted by Gasteiger charge is -2.34. The average molecular weight is 391 g/mol. The molecule has 1 aromatic carbocycles. The molecule has 0 spiro atoms. The molecule has 6 nitrogen and oxygen atoms in total. The van der Waals surface area contributed by atoms with Gasteiger partial charge < -0.3 is 9.80 Å². The fourth-order valence-electron chi connectivity index (χ4n) is 2.86. The first-order chi connectivity index (χ1) is 11.5. The molecule has 1 saturated heterocycles. The van der Waals surface area contributed by atoms with Crippen LogP contribution in [0.5, 0.6) is 0 Å². The summed E-state index contributed by atoms with van der Waals surface area (Å²) < 4.78 is 2.77. The van der Waals surface area contributed by atoms with E-state index in [4.69, 9.17) is 0 Å². The van der Waals surface area contributed by atoms with Crippen molar-refractivity contribution in [2.75, 3.05) is 26.2 Å². The lowest BCUT2D eigenvalue weighted by atomic mass is 10.2. The second-order valence-electron chi connectivity index (χ2n) is 5.83. The summed E-state index contributed by atoms with van der Waals surface area (Å²) in [5.41, 5.74) is 2.33. The molecule has 0 unspecified atom stereocenters. The molecule has 1 aliphatic rings. The Morgan fingerprint density at radius 2 is 1.62 bits per heavy atom. The molecule has 0 aliphatic carbocycles. The molecule has 0 bridgehead atoms. The standard InChI is InChI=1S/C17H19BrN4O2/c1-12-16(11-19-22(12)15-5-3-14(18)4-6-15)17(24)21-9-7-20(8-10-21)13(2)23/h3-6,11H,7-10H2,1-2H3. The Morgan fingerprint density at radius 3 is 2.21 bits per heavy atom. The molecule has 2 amide bonds. The second kappa shape index (κ2) is 6.76. The van der Waals surface area contributed by atoms with Crippen molar-refractivity contribution in [2.45, 2.75) is 13.8 Å². The third-order valence-electron chi connectivity index (χ3n) is 4.32. The van der Waals surface area contributed by atoms with Crippen LogP contribution in [-0.2, 0) is 4.79 Å². The van der Waals surface area contributed by atoms with E-state index in [0.717, 1.165) is 15.9 Å². The van der Waals surface area contributed by atoms with Crippen molar-refractivity contribution in [3.8, 4) is 5.69 Å². The zero-order chi connectivity index (χ0) is 17.3. The SMILES string of the molecule is CC(=O)N1CCN(C(=O)c2cnn(-c3ccc(Br)cc3)c2C)CC1. The number of halogens is 1. The minimum atomic E-state index is -0.0286. The van der Waals surface area contributed by atoms with E-state index in [1.165, 1.54) is 0 Å². The zero-order valence-corrected chi connectivity index (χ0v) is 15.3. The maximum atomic E-state index is 12.8. The largest absolute Gasteiger partial charge is 0.339 e. The molecular weight excluding hydrogens is 372 g/mol. The first kappa shape index (κ1) is 16.7. The summed E-state index contributed by atoms with van der Waals surface area (Å²) in [6.07, 6.45) is 1.62. The number of carbonyl (C=O) groups is 2. The number of hydrogen-bond acceptors (Lipinski definition) is 3. The Labute approximate surface area is 149 Å². The van der Waals surface area contributed by atoms with E-state index in [9.17, 15) is 9.59 Å². The van der Waals surface area contributed by atoms with Crippen LogP contribution in [0.25, 0.3) is 5.69 Å². The van der Waals surface area contributed by atoms with E-state index in [1.807, 2.05) is 31.2 Å². The Hall–Kier alpha value is -2.15. The van der Waals surface area contributed by atoms with Crippen molar-refractivity contribution in [3.63, 3.8) is 0 Å². The number of hydrogen-bond donors (Lipinski definition) is 0. The maximum Gasteiger partial charge on any atom is 0.257 e. The fourth-order valence-corrected chi connectivity index (χ4v) is 3.12. The van der Waals surface area contributed by atoms with Crippen LogP contribution in [0.4, 0.5) is 0 Å². The van der Waals surface area contributed by atoms with Gasteiger partial charge >= 0.3 is 0 Å². The molecule has 0 atom stereocenters. The number of benzene rings is 1. The van der Waals surface area contributed by atoms with Gasteiger partial charge in [0.2, 0.25) is 5.91 Å². The van der Waals surface area contributed by atoms with Gasteiger partial charge in [0.25, 0.3) is 5.91 Å². The van der Waals surface area contributed by atoms with E-state index in [2.05, 4.69) is 21.0 Å². The first-order valence-corrected chi connectivity index (χ1v) is 8.62. The Kier molecular flexibility index (Phi) is 4.71. The van der Waals surface area contributed by atoms with Gasteiger partial charge in [-0.25, -0.2) is 4.68 Å². The Bertz CT molecular complexity index is 761. The number of piperazine rings is 1. The fraction of sp³-hybridized carbons (Fsp3) is 0.353. The van der Waals surface area contributed by atoms with Gasteiger partial charge in [0.1, 0.15) is 0 Å². The molecule has 1 aliphatic heterocycles. The lowest BCUT2D eigenvalue weighted by molar-refractivity contribution is -0.130. The van der Waals surface area contributed by atoms with Gasteiger partial charge in [-0.3, -0.25) is 9.59 Å². The van der Waals surface area contributed by atoms with Gasteiger partial charge in [-0.15, -0.1) is 0 Å². The van der Waals surface area contributed by atoms with Crippen molar-refractivity contribution in [1.29, 1.82) is 0 Å². The van der Waals surface area contributed by atoms with Crippen LogP contribution in [0.3, 0.4) is 0 Å². The summed E-state index contributed by atoms with van der Waals surface area (Å²) in [6, 6.07) is 7.78. The van der Waals surface area contributed by atoms with Gasteiger partial charge in [-0.2, -0.15) is 5.10 Å². The van der Waals surface area contributed by atoms with Crippen molar-refractivity contribution < 1.29 is 9.59 Å². The minimum Gasteiger partial charge on any atom is -0.339 e. The molecule has 0 saturated carbocycles. The number of rotatable bonds is 2. The highest BCUT2D eigenvalue weighted by molar-refractivity contribution is 9.10. The maximum absolute atomic E-state index is 12.8. The molecule has 0 N–H and O–H groups in total. The summed E-state index contributed by atoms with van der Waals surface area (Å²) in [5, 5.41) is 4.36. The third-order valence-corrected chi connectivity index (χ3v) is 4.85. The quantitative estimate of drug-likeness (QED) is 0.789. The summed E-state index contributed by atoms with van der Waals surface area (Å²) in [4.78, 5) is 27.7. The smallest absolute Gasteiger partial charge is 0.257 e. The third kappa shape index (κ3) is 3.21. The van der Waals surface area contributed by atoms with Crippen LogP contribution < -0.4 is 0 Å². The highest BCUT2D eigenvalue weighted by Crippen LogP contribution is 2.19. The molecular formula is C17H19BrN4O2. The van der Waals surface area contributed by atoms with Gasteiger partial charge in [-0.1, -0.05) is 15.9 Å². The predicted molar refractivity (Wildman–Crippen MR) is 94.2 cm³/mol. The zero-order valence-electron chi connectivity index (χ0n) is 13.7. The van der Waals surface area contributed by atoms with E-state index >= 15 is 0 Å². The Morgan fingerprint density at radius 1 is 1.04 bits per heavy atom. The summed E-state index contributed by atoms with van der Waals surface area (Å²) in [5.74, 6) is 0.0281. The first-order valence-electron chi connectivity index (χ1n) is 7.82. The molecule has 1 aromatic heterocycles. The molecule has 0 radical (unpaired) electrons. The van der Waals surface area contributed by atoms with Crippen molar-refractivity contribution >= 4 is 27.7 Å². The van der Waals surface area contributed by atoms with Gasteiger partial charge in [0.05, 0.1) is 23.1 Å². The normalized spacial score (nSPS) is 14.8. The van der Waals surface area contributed by atoms with Crippen LogP contribution >= 0.6 is 15.9 Å². The number of amides is 2. The molecule has 2 heterocycles. The minimum absolute atomic E-state index is 0.0286. The molecule has 7 heteroatoms. The predicted octanol–water partition coefficient (Wildman–Crippen LogP) is 2.25. The number of aromatic nitrogens is 2. The summed E-state index contributed by atoms with van der Waals surface area (Å²) in [6.45, 7) is 5.74. The van der Waals surface area contributed by atoms with Crippen LogP contribution in [0.1, 0.15) is 23.0 Å². The van der Waals surface area contributed by atoms with Crippen molar-refractivity contribution in [2.24, 2.45) is 0 Å². The topological polar surface area (TPSA) is 58.4 Å². The van der Waals surface area contributed by atoms with E-state index in [-0.39, 0.29) is 11.8 Å². The number of nitrogens with zero attached hydrogens (tertiary/aromatic N) is 4. The van der Waals surface area contributed by atoms with Gasteiger partial charge in [0, 0.05) is 37.6 Å². The summed E-state index contributed by atoms with van der Waals surface area (Å²) >= 11 is 3.41. The van der Waals surface area contributed by atoms with Crippen LogP contribution in [-0.4, -0.2) is 57.6 Å². The average Bonchev–Trinajstić information content (AvgIpc) is 2.96. The highest BCUT2D eigenvalue weighted by Gasteiger charge is 2.25. The number of carbonyl (C=O) groups excluding carboxylic acids is 2. The second-order valence-corrected chi connectivity index (χ2v) is 6.75. The van der Waals surface area contributed by atoms with E-state index in [0.29, 0.717) is 31.7 Å². The van der Waals surface area contributed by atoms with Crippen LogP contribution in [0.15, 0.2) is 34.9 Å². The van der Waals surface area contributed by atoms with Crippen molar-refractivity contribution in [1.82, 2.24) is 19.6 Å². The summed E-state index contributed by atoms with van der Waals surface area (Å²) in [7, 11) is 0. The lowest BCUT2D eigenvalue weighted by Crippen LogP contribution is -2.50. The van der Waals surface area contributed by atoms with E-state index in [1.54, 1.807) is 27.6 Å². The Balaban J connectivity index is 1.77. The molecule has 1 fully saturated rings. The van der Waals surface area contributed by atoms with E-state index < -0.39 is 0 Å². The van der Waals surface area contributed by atoms with Gasteiger partial charge in [0.15, 0.2) is 0 Å². The molecule has 24 heavy (non-hydrogen) atoms. The highest BCUT2D eigenvalue weighted by atomic mass is 79.9. The monoisotopic (exact) mass is 390 g/mol. The van der Waals surface area contributed by atoms with Crippen LogP contribution in [0, 0.1) is 6.92 Å². The van der Waals surface area contributed by atoms with Crippen molar-refractivity contribution in [3.05, 3.63) is 46.2 Å². The van der Waals surface area contributed by atoms with Gasteiger partial charge in [-0.05, 0) is 31.2 Å².